The van der Waals surface area contributed by atoms with Crippen molar-refractivity contribution in [2.45, 2.75) is 44.7 Å². The largest absolute Gasteiger partial charge is 0.349 e. The van der Waals surface area contributed by atoms with Gasteiger partial charge in [-0.1, -0.05) is 36.4 Å². The van der Waals surface area contributed by atoms with Gasteiger partial charge in [0.05, 0.1) is 11.7 Å². The molecule has 1 saturated carbocycles. The van der Waals surface area contributed by atoms with Gasteiger partial charge in [-0.2, -0.15) is 0 Å². The second-order valence-electron chi connectivity index (χ2n) is 8.44. The molecule has 6 heteroatoms. The highest BCUT2D eigenvalue weighted by atomic mass is 16.2. The zero-order chi connectivity index (χ0) is 21.4. The van der Waals surface area contributed by atoms with Crippen molar-refractivity contribution in [3.63, 3.8) is 0 Å². The van der Waals surface area contributed by atoms with Crippen LogP contribution >= 0.6 is 0 Å². The molecule has 1 N–H and O–H groups in total. The molecular formula is C25H26N4O2. The summed E-state index contributed by atoms with van der Waals surface area (Å²) in [4.78, 5) is 32.6. The van der Waals surface area contributed by atoms with Gasteiger partial charge >= 0.3 is 0 Å². The Kier molecular flexibility index (Phi) is 5.06. The maximum absolute atomic E-state index is 13.5. The van der Waals surface area contributed by atoms with Crippen LogP contribution in [-0.2, 0) is 0 Å². The molecular weight excluding hydrogens is 388 g/mol. The minimum absolute atomic E-state index is 0.0882. The summed E-state index contributed by atoms with van der Waals surface area (Å²) >= 11 is 0. The Morgan fingerprint density at radius 2 is 1.90 bits per heavy atom. The minimum atomic E-state index is -0.159. The molecule has 158 valence electrons. The first-order valence-corrected chi connectivity index (χ1v) is 10.9. The summed E-state index contributed by atoms with van der Waals surface area (Å²) < 4.78 is 1.62. The lowest BCUT2D eigenvalue weighted by atomic mass is 10.0. The minimum Gasteiger partial charge on any atom is -0.349 e. The van der Waals surface area contributed by atoms with Crippen molar-refractivity contribution in [1.82, 2.24) is 14.9 Å². The summed E-state index contributed by atoms with van der Waals surface area (Å²) in [5.74, 6) is 0.371. The van der Waals surface area contributed by atoms with E-state index in [1.807, 2.05) is 37.3 Å². The summed E-state index contributed by atoms with van der Waals surface area (Å²) in [6, 6.07) is 16.2. The maximum atomic E-state index is 13.5. The zero-order valence-corrected chi connectivity index (χ0v) is 17.6. The lowest BCUT2D eigenvalue weighted by molar-refractivity contribution is 0.0951. The Bertz CT molecular complexity index is 1170. The van der Waals surface area contributed by atoms with E-state index in [2.05, 4.69) is 27.3 Å². The molecule has 0 spiro atoms. The average Bonchev–Trinajstić information content (AvgIpc) is 3.47. The van der Waals surface area contributed by atoms with Crippen LogP contribution in [0.3, 0.4) is 0 Å². The number of carbonyl (C=O) groups excluding carboxylic acids is 1. The summed E-state index contributed by atoms with van der Waals surface area (Å²) in [5, 5.41) is 3.02. The lowest BCUT2D eigenvalue weighted by Crippen LogP contribution is -2.33. The highest BCUT2D eigenvalue weighted by Gasteiger charge is 2.29. The molecule has 1 aliphatic carbocycles. The third kappa shape index (κ3) is 3.85. The van der Waals surface area contributed by atoms with Crippen LogP contribution in [0.2, 0.25) is 0 Å². The lowest BCUT2D eigenvalue weighted by Gasteiger charge is -2.26. The van der Waals surface area contributed by atoms with E-state index in [-0.39, 0.29) is 23.6 Å². The Morgan fingerprint density at radius 3 is 2.68 bits per heavy atom. The van der Waals surface area contributed by atoms with Gasteiger partial charge in [0.25, 0.3) is 11.5 Å². The number of nitrogens with zero attached hydrogens (tertiary/aromatic N) is 3. The normalized spacial score (nSPS) is 18.2. The number of nitrogens with one attached hydrogen (secondary N) is 1. The van der Waals surface area contributed by atoms with E-state index in [1.165, 1.54) is 5.56 Å². The molecule has 1 amide bonds. The van der Waals surface area contributed by atoms with Crippen molar-refractivity contribution in [3.05, 3.63) is 88.0 Å². The maximum Gasteiger partial charge on any atom is 0.298 e. The van der Waals surface area contributed by atoms with Crippen molar-refractivity contribution in [1.29, 1.82) is 0 Å². The van der Waals surface area contributed by atoms with Crippen molar-refractivity contribution in [2.75, 3.05) is 11.4 Å². The number of aryl methyl sites for hydroxylation is 1. The van der Waals surface area contributed by atoms with Crippen molar-refractivity contribution >= 4 is 11.7 Å². The fraction of sp³-hybridized carbons (Fsp3) is 0.320. The standard InChI is InChI=1S/C25H26N4O2/c1-17-9-10-19(24(30)27-20-11-12-20)16-22(17)29-15-13-26-23(25(29)31)28-14-5-8-21(28)18-6-3-2-4-7-18/h2-4,6-7,9-10,13,15-16,20-21H,5,8,11-12,14H2,1H3,(H,27,30). The monoisotopic (exact) mass is 414 g/mol. The number of anilines is 1. The van der Waals surface area contributed by atoms with E-state index in [9.17, 15) is 9.59 Å². The van der Waals surface area contributed by atoms with Crippen molar-refractivity contribution in [2.24, 2.45) is 0 Å². The number of benzene rings is 2. The molecule has 1 aromatic heterocycles. The topological polar surface area (TPSA) is 67.2 Å². The van der Waals surface area contributed by atoms with Gasteiger partial charge in [-0.3, -0.25) is 14.2 Å². The van der Waals surface area contributed by atoms with Gasteiger partial charge in [0.2, 0.25) is 0 Å². The van der Waals surface area contributed by atoms with Crippen LogP contribution in [-0.4, -0.2) is 28.0 Å². The molecule has 3 aromatic rings. The second kappa shape index (κ2) is 8.02. The molecule has 31 heavy (non-hydrogen) atoms. The van der Waals surface area contributed by atoms with E-state index in [0.29, 0.717) is 17.1 Å². The number of rotatable bonds is 5. The highest BCUT2D eigenvalue weighted by Crippen LogP contribution is 2.33. The molecule has 5 rings (SSSR count). The van der Waals surface area contributed by atoms with Crippen molar-refractivity contribution < 1.29 is 4.79 Å². The van der Waals surface area contributed by atoms with Gasteiger partial charge in [-0.05, 0) is 55.9 Å². The van der Waals surface area contributed by atoms with E-state index >= 15 is 0 Å². The smallest absolute Gasteiger partial charge is 0.298 e. The highest BCUT2D eigenvalue weighted by molar-refractivity contribution is 5.95. The van der Waals surface area contributed by atoms with Gasteiger partial charge in [-0.15, -0.1) is 0 Å². The number of aromatic nitrogens is 2. The van der Waals surface area contributed by atoms with Gasteiger partial charge in [0, 0.05) is 30.5 Å². The van der Waals surface area contributed by atoms with Crippen LogP contribution in [0.5, 0.6) is 0 Å². The first kappa shape index (κ1) is 19.5. The third-order valence-corrected chi connectivity index (χ3v) is 6.18. The van der Waals surface area contributed by atoms with Crippen LogP contribution in [0, 0.1) is 6.92 Å². The fourth-order valence-electron chi connectivity index (χ4n) is 4.34. The second-order valence-corrected chi connectivity index (χ2v) is 8.44. The van der Waals surface area contributed by atoms with Crippen molar-refractivity contribution in [3.8, 4) is 5.69 Å². The van der Waals surface area contributed by atoms with Crippen LogP contribution < -0.4 is 15.8 Å². The molecule has 1 atom stereocenters. The van der Waals surface area contributed by atoms with E-state index in [4.69, 9.17) is 0 Å². The van der Waals surface area contributed by atoms with E-state index in [0.717, 1.165) is 37.8 Å². The van der Waals surface area contributed by atoms with E-state index < -0.39 is 0 Å². The number of hydrogen-bond donors (Lipinski definition) is 1. The number of carbonyl (C=O) groups is 1. The van der Waals surface area contributed by atoms with Gasteiger partial charge in [0.15, 0.2) is 5.82 Å². The number of hydrogen-bond acceptors (Lipinski definition) is 4. The van der Waals surface area contributed by atoms with Crippen LogP contribution in [0.25, 0.3) is 5.69 Å². The van der Waals surface area contributed by atoms with Crippen LogP contribution in [0.4, 0.5) is 5.82 Å². The van der Waals surface area contributed by atoms with E-state index in [1.54, 1.807) is 23.0 Å². The molecule has 0 radical (unpaired) electrons. The summed E-state index contributed by atoms with van der Waals surface area (Å²) in [6.07, 6.45) is 7.45. The Hall–Kier alpha value is -3.41. The summed E-state index contributed by atoms with van der Waals surface area (Å²) in [7, 11) is 0. The van der Waals surface area contributed by atoms with Crippen LogP contribution in [0.15, 0.2) is 65.7 Å². The molecule has 2 aromatic carbocycles. The molecule has 0 bridgehead atoms. The quantitative estimate of drug-likeness (QED) is 0.690. The van der Waals surface area contributed by atoms with Gasteiger partial charge in [-0.25, -0.2) is 4.98 Å². The predicted octanol–water partition coefficient (Wildman–Crippen LogP) is 3.77. The Morgan fingerprint density at radius 1 is 1.10 bits per heavy atom. The molecule has 1 unspecified atom stereocenters. The SMILES string of the molecule is Cc1ccc(C(=O)NC2CC2)cc1-n1ccnc(N2CCCC2c2ccccc2)c1=O. The molecule has 1 saturated heterocycles. The molecule has 2 fully saturated rings. The first-order valence-electron chi connectivity index (χ1n) is 10.9. The molecule has 1 aliphatic heterocycles. The van der Waals surface area contributed by atoms with Gasteiger partial charge in [0.1, 0.15) is 0 Å². The Balaban J connectivity index is 1.51. The third-order valence-electron chi connectivity index (χ3n) is 6.18. The Labute approximate surface area is 181 Å². The summed E-state index contributed by atoms with van der Waals surface area (Å²) in [6.45, 7) is 2.75. The van der Waals surface area contributed by atoms with Crippen LogP contribution in [0.1, 0.15) is 53.2 Å². The molecule has 6 nitrogen and oxygen atoms in total. The first-order chi connectivity index (χ1) is 15.1. The van der Waals surface area contributed by atoms with Gasteiger partial charge < -0.3 is 10.2 Å². The summed E-state index contributed by atoms with van der Waals surface area (Å²) in [5.41, 5.74) is 3.26. The average molecular weight is 415 g/mol. The predicted molar refractivity (Wildman–Crippen MR) is 121 cm³/mol. The molecule has 2 heterocycles. The molecule has 2 aliphatic rings. The zero-order valence-electron chi connectivity index (χ0n) is 17.6. The fourth-order valence-corrected chi connectivity index (χ4v) is 4.34. The number of amides is 1.